The van der Waals surface area contributed by atoms with Crippen molar-refractivity contribution in [3.63, 3.8) is 0 Å². The molecule has 4 rings (SSSR count). The van der Waals surface area contributed by atoms with Crippen LogP contribution in [0.4, 0.5) is 4.39 Å². The lowest BCUT2D eigenvalue weighted by atomic mass is 10.1. The van der Waals surface area contributed by atoms with E-state index in [-0.39, 0.29) is 23.9 Å². The zero-order valence-electron chi connectivity index (χ0n) is 12.2. The van der Waals surface area contributed by atoms with E-state index in [2.05, 4.69) is 0 Å². The number of nitrogens with zero attached hydrogens (tertiary/aromatic N) is 1. The molecule has 1 amide bonds. The number of rotatable bonds is 2. The van der Waals surface area contributed by atoms with Crippen molar-refractivity contribution in [1.29, 1.82) is 0 Å². The number of halogens is 1. The lowest BCUT2D eigenvalue weighted by Crippen LogP contribution is -2.30. The lowest BCUT2D eigenvalue weighted by molar-refractivity contribution is 0.0760. The van der Waals surface area contributed by atoms with E-state index in [4.69, 9.17) is 9.47 Å². The first-order valence-electron chi connectivity index (χ1n) is 7.30. The van der Waals surface area contributed by atoms with E-state index < -0.39 is 0 Å². The van der Waals surface area contributed by atoms with Crippen molar-refractivity contribution in [2.75, 3.05) is 19.1 Å². The topological polar surface area (TPSA) is 38.8 Å². The third-order valence-corrected chi connectivity index (χ3v) is 5.19. The fraction of sp³-hybridized carbons (Fsp3) is 0.235. The molecule has 0 N–H and O–H groups in total. The number of thioether (sulfide) groups is 1. The van der Waals surface area contributed by atoms with Gasteiger partial charge in [0.1, 0.15) is 11.2 Å². The van der Waals surface area contributed by atoms with E-state index in [0.717, 1.165) is 17.1 Å². The Morgan fingerprint density at radius 3 is 2.74 bits per heavy atom. The van der Waals surface area contributed by atoms with Gasteiger partial charge in [0.2, 0.25) is 6.79 Å². The summed E-state index contributed by atoms with van der Waals surface area (Å²) in [6.45, 7) is 0.898. The Morgan fingerprint density at radius 2 is 1.91 bits per heavy atom. The predicted molar refractivity (Wildman–Crippen MR) is 85.2 cm³/mol. The van der Waals surface area contributed by atoms with Gasteiger partial charge in [-0.1, -0.05) is 6.07 Å². The van der Waals surface area contributed by atoms with Gasteiger partial charge < -0.3 is 14.4 Å². The minimum atomic E-state index is -0.343. The van der Waals surface area contributed by atoms with E-state index in [0.29, 0.717) is 17.9 Å². The van der Waals surface area contributed by atoms with Crippen LogP contribution in [0.15, 0.2) is 42.5 Å². The van der Waals surface area contributed by atoms with Gasteiger partial charge in [0.15, 0.2) is 11.5 Å². The van der Waals surface area contributed by atoms with Crippen LogP contribution in [0.2, 0.25) is 0 Å². The molecule has 0 radical (unpaired) electrons. The first kappa shape index (κ1) is 14.4. The summed E-state index contributed by atoms with van der Waals surface area (Å²) in [5, 5.41) is -0.0675. The van der Waals surface area contributed by atoms with Crippen LogP contribution in [0.25, 0.3) is 0 Å². The highest BCUT2D eigenvalue weighted by Crippen LogP contribution is 2.42. The van der Waals surface area contributed by atoms with Crippen molar-refractivity contribution in [2.24, 2.45) is 0 Å². The molecule has 0 saturated carbocycles. The number of amides is 1. The van der Waals surface area contributed by atoms with E-state index in [1.165, 1.54) is 24.3 Å². The number of fused-ring (bicyclic) bond motifs is 1. The molecule has 0 aliphatic carbocycles. The second-order valence-electron chi connectivity index (χ2n) is 5.34. The van der Waals surface area contributed by atoms with Gasteiger partial charge in [0, 0.05) is 17.9 Å². The predicted octanol–water partition coefficient (Wildman–Crippen LogP) is 3.44. The van der Waals surface area contributed by atoms with Gasteiger partial charge >= 0.3 is 0 Å². The quantitative estimate of drug-likeness (QED) is 0.845. The molecule has 2 aliphatic heterocycles. The van der Waals surface area contributed by atoms with Gasteiger partial charge in [-0.05, 0) is 42.0 Å². The van der Waals surface area contributed by atoms with Gasteiger partial charge in [-0.25, -0.2) is 4.39 Å². The molecule has 2 aromatic carbocycles. The van der Waals surface area contributed by atoms with Crippen molar-refractivity contribution in [2.45, 2.75) is 5.37 Å². The second-order valence-corrected chi connectivity index (χ2v) is 6.53. The minimum Gasteiger partial charge on any atom is -0.454 e. The molecule has 118 valence electrons. The van der Waals surface area contributed by atoms with Crippen LogP contribution in [-0.4, -0.2) is 29.9 Å². The van der Waals surface area contributed by atoms with Crippen LogP contribution >= 0.6 is 11.8 Å². The SMILES string of the molecule is O=C(c1ccc(F)cc1)N1CCS[C@@H]1c1ccc2c(c1)OCO2. The number of ether oxygens (including phenoxy) is 2. The lowest BCUT2D eigenvalue weighted by Gasteiger charge is -2.24. The maximum absolute atomic E-state index is 13.0. The molecule has 2 aromatic rings. The Balaban J connectivity index is 1.61. The van der Waals surface area contributed by atoms with E-state index >= 15 is 0 Å². The number of hydrogen-bond acceptors (Lipinski definition) is 4. The third kappa shape index (κ3) is 2.63. The standard InChI is InChI=1S/C17H14FNO3S/c18-13-4-1-11(2-5-13)16(20)19-7-8-23-17(19)12-3-6-14-15(9-12)22-10-21-14/h1-6,9,17H,7-8,10H2/t17-/m1/s1. The first-order chi connectivity index (χ1) is 11.2. The molecule has 23 heavy (non-hydrogen) atoms. The fourth-order valence-electron chi connectivity index (χ4n) is 2.78. The molecule has 0 bridgehead atoms. The monoisotopic (exact) mass is 331 g/mol. The van der Waals surface area contributed by atoms with Crippen LogP contribution in [-0.2, 0) is 0 Å². The summed E-state index contributed by atoms with van der Waals surface area (Å²) in [5.41, 5.74) is 1.51. The molecule has 0 unspecified atom stereocenters. The average molecular weight is 331 g/mol. The number of carbonyl (C=O) groups excluding carboxylic acids is 1. The Morgan fingerprint density at radius 1 is 1.13 bits per heavy atom. The normalized spacial score (nSPS) is 19.2. The summed E-state index contributed by atoms with van der Waals surface area (Å²) in [6.07, 6.45) is 0. The summed E-state index contributed by atoms with van der Waals surface area (Å²) < 4.78 is 23.8. The molecule has 2 heterocycles. The molecule has 1 saturated heterocycles. The van der Waals surface area contributed by atoms with Crippen LogP contribution in [0.1, 0.15) is 21.3 Å². The number of benzene rings is 2. The fourth-order valence-corrected chi connectivity index (χ4v) is 4.02. The second kappa shape index (κ2) is 5.77. The Bertz CT molecular complexity index is 750. The van der Waals surface area contributed by atoms with Gasteiger partial charge in [0.25, 0.3) is 5.91 Å². The van der Waals surface area contributed by atoms with Crippen molar-refractivity contribution in [1.82, 2.24) is 4.90 Å². The van der Waals surface area contributed by atoms with Gasteiger partial charge in [-0.3, -0.25) is 4.79 Å². The zero-order chi connectivity index (χ0) is 15.8. The Labute approximate surface area is 137 Å². The van der Waals surface area contributed by atoms with Crippen LogP contribution < -0.4 is 9.47 Å². The van der Waals surface area contributed by atoms with Crippen LogP contribution in [0.3, 0.4) is 0 Å². The smallest absolute Gasteiger partial charge is 0.255 e. The highest BCUT2D eigenvalue weighted by molar-refractivity contribution is 7.99. The highest BCUT2D eigenvalue weighted by Gasteiger charge is 2.32. The summed E-state index contributed by atoms with van der Waals surface area (Å²) in [4.78, 5) is 14.5. The largest absolute Gasteiger partial charge is 0.454 e. The van der Waals surface area contributed by atoms with E-state index in [1.807, 2.05) is 23.1 Å². The first-order valence-corrected chi connectivity index (χ1v) is 8.35. The molecular weight excluding hydrogens is 317 g/mol. The molecule has 1 fully saturated rings. The van der Waals surface area contributed by atoms with Gasteiger partial charge in [-0.15, -0.1) is 11.8 Å². The third-order valence-electron chi connectivity index (χ3n) is 3.92. The van der Waals surface area contributed by atoms with Crippen molar-refractivity contribution < 1.29 is 18.7 Å². The number of hydrogen-bond donors (Lipinski definition) is 0. The highest BCUT2D eigenvalue weighted by atomic mass is 32.2. The molecule has 0 aromatic heterocycles. The summed E-state index contributed by atoms with van der Waals surface area (Å²) >= 11 is 1.71. The average Bonchev–Trinajstić information content (AvgIpc) is 3.23. The summed E-state index contributed by atoms with van der Waals surface area (Å²) in [5.74, 6) is 1.88. The van der Waals surface area contributed by atoms with Crippen LogP contribution in [0, 0.1) is 5.82 Å². The molecule has 1 atom stereocenters. The molecule has 0 spiro atoms. The number of carbonyl (C=O) groups is 1. The minimum absolute atomic E-state index is 0.0675. The van der Waals surface area contributed by atoms with Crippen molar-refractivity contribution in [3.8, 4) is 11.5 Å². The maximum Gasteiger partial charge on any atom is 0.255 e. The van der Waals surface area contributed by atoms with Gasteiger partial charge in [0.05, 0.1) is 0 Å². The van der Waals surface area contributed by atoms with Crippen molar-refractivity contribution >= 4 is 17.7 Å². The van der Waals surface area contributed by atoms with Gasteiger partial charge in [-0.2, -0.15) is 0 Å². The van der Waals surface area contributed by atoms with E-state index in [1.54, 1.807) is 11.8 Å². The van der Waals surface area contributed by atoms with E-state index in [9.17, 15) is 9.18 Å². The molecular formula is C17H14FNO3S. The maximum atomic E-state index is 13.0. The summed E-state index contributed by atoms with van der Waals surface area (Å²) in [6, 6.07) is 11.4. The molecule has 4 nitrogen and oxygen atoms in total. The summed E-state index contributed by atoms with van der Waals surface area (Å²) in [7, 11) is 0. The molecule has 2 aliphatic rings. The Hall–Kier alpha value is -2.21. The van der Waals surface area contributed by atoms with Crippen LogP contribution in [0.5, 0.6) is 11.5 Å². The molecule has 6 heteroatoms. The zero-order valence-corrected chi connectivity index (χ0v) is 13.0. The Kier molecular flexibility index (Phi) is 3.61. The van der Waals surface area contributed by atoms with Crippen molar-refractivity contribution in [3.05, 3.63) is 59.4 Å².